The molecule has 208 valence electrons. The van der Waals surface area contributed by atoms with E-state index in [2.05, 4.69) is 19.9 Å². The number of aryl methyl sites for hydroxylation is 1. The maximum atomic E-state index is 13.5. The molecule has 3 aromatic rings. The lowest BCUT2D eigenvalue weighted by Gasteiger charge is -2.41. The quantitative estimate of drug-likeness (QED) is 0.452. The number of aromatic nitrogens is 4. The van der Waals surface area contributed by atoms with Gasteiger partial charge in [0.2, 0.25) is 21.1 Å². The molecular formula is C24H28F2N8O3S2. The number of nitrogens with one attached hydrogen (secondary N) is 1. The molecule has 1 amide bonds. The van der Waals surface area contributed by atoms with E-state index in [1.54, 1.807) is 6.92 Å². The molecule has 0 radical (unpaired) electrons. The molecule has 2 aromatic heterocycles. The molecule has 15 heteroatoms. The van der Waals surface area contributed by atoms with E-state index >= 15 is 0 Å². The normalized spacial score (nSPS) is 19.2. The van der Waals surface area contributed by atoms with E-state index in [1.807, 2.05) is 36.6 Å². The van der Waals surface area contributed by atoms with Crippen molar-refractivity contribution in [2.75, 3.05) is 24.5 Å². The number of piperazine rings is 1. The second-order valence-corrected chi connectivity index (χ2v) is 13.0. The molecule has 1 saturated heterocycles. The number of fused-ring (bicyclic) bond motifs is 1. The molecule has 1 aliphatic carbocycles. The van der Waals surface area contributed by atoms with Crippen molar-refractivity contribution in [2.24, 2.45) is 5.92 Å². The SMILES string of the molecule is Cc1nc2c(N3CCN(C(=O)C(C)C)[C@H](C)C3)cc(S(=O)(=O)NC3(C#N)CC3)cc2n1-c1nnc(C(F)F)s1. The molecule has 1 N–H and O–H groups in total. The minimum atomic E-state index is -4.12. The van der Waals surface area contributed by atoms with Crippen molar-refractivity contribution >= 4 is 44.0 Å². The molecule has 2 fully saturated rings. The average molecular weight is 579 g/mol. The molecule has 5 rings (SSSR count). The Morgan fingerprint density at radius 3 is 2.54 bits per heavy atom. The van der Waals surface area contributed by atoms with Crippen LogP contribution < -0.4 is 9.62 Å². The zero-order valence-corrected chi connectivity index (χ0v) is 23.5. The lowest BCUT2D eigenvalue weighted by molar-refractivity contribution is -0.136. The third kappa shape index (κ3) is 4.96. The molecule has 11 nitrogen and oxygen atoms in total. The monoisotopic (exact) mass is 578 g/mol. The number of amides is 1. The largest absolute Gasteiger partial charge is 0.366 e. The number of carbonyl (C=O) groups excluding carboxylic acids is 1. The van der Waals surface area contributed by atoms with Gasteiger partial charge in [-0.15, -0.1) is 10.2 Å². The van der Waals surface area contributed by atoms with Gasteiger partial charge in [0.15, 0.2) is 5.01 Å². The number of sulfonamides is 1. The van der Waals surface area contributed by atoms with Gasteiger partial charge in [-0.1, -0.05) is 25.2 Å². The van der Waals surface area contributed by atoms with Gasteiger partial charge in [0, 0.05) is 31.6 Å². The number of nitriles is 1. The first kappa shape index (κ1) is 27.4. The van der Waals surface area contributed by atoms with Crippen molar-refractivity contribution in [3.63, 3.8) is 0 Å². The molecule has 1 saturated carbocycles. The molecule has 0 bridgehead atoms. The molecule has 39 heavy (non-hydrogen) atoms. The van der Waals surface area contributed by atoms with E-state index in [0.29, 0.717) is 66.4 Å². The summed E-state index contributed by atoms with van der Waals surface area (Å²) in [6, 6.07) is 4.83. The van der Waals surface area contributed by atoms with Crippen molar-refractivity contribution < 1.29 is 22.0 Å². The summed E-state index contributed by atoms with van der Waals surface area (Å²) in [5.74, 6) is 0.317. The van der Waals surface area contributed by atoms with Crippen LogP contribution in [0.4, 0.5) is 14.5 Å². The van der Waals surface area contributed by atoms with Crippen molar-refractivity contribution in [1.29, 1.82) is 5.26 Å². The van der Waals surface area contributed by atoms with E-state index < -0.39 is 27.0 Å². The highest BCUT2D eigenvalue weighted by molar-refractivity contribution is 7.89. The molecule has 1 atom stereocenters. The second kappa shape index (κ2) is 9.76. The Labute approximate surface area is 228 Å². The van der Waals surface area contributed by atoms with Gasteiger partial charge in [0.05, 0.1) is 22.2 Å². The van der Waals surface area contributed by atoms with E-state index in [0.717, 1.165) is 0 Å². The number of halogens is 2. The van der Waals surface area contributed by atoms with Gasteiger partial charge in [0.25, 0.3) is 6.43 Å². The van der Waals surface area contributed by atoms with Crippen LogP contribution in [0, 0.1) is 24.2 Å². The standard InChI is InChI=1S/C24H28F2N8O3S2/c1-13(2)22(35)33-8-7-32(11-14(33)3)17-9-16(39(36,37)31-24(12-27)5-6-24)10-18-19(17)28-15(4)34(18)23-30-29-21(38-23)20(25)26/h9-10,13-14,20,31H,5-8,11H2,1-4H3/t14-/m1/s1. The molecule has 3 heterocycles. The van der Waals surface area contributed by atoms with Crippen molar-refractivity contribution in [3.8, 4) is 11.2 Å². The fourth-order valence-corrected chi connectivity index (χ4v) is 6.98. The van der Waals surface area contributed by atoms with Crippen molar-refractivity contribution in [1.82, 2.24) is 29.4 Å². The summed E-state index contributed by atoms with van der Waals surface area (Å²) in [5, 5.41) is 16.6. The van der Waals surface area contributed by atoms with Crippen LogP contribution in [0.25, 0.3) is 16.2 Å². The highest BCUT2D eigenvalue weighted by Crippen LogP contribution is 2.39. The Morgan fingerprint density at radius 1 is 1.26 bits per heavy atom. The summed E-state index contributed by atoms with van der Waals surface area (Å²) in [7, 11) is -4.12. The smallest absolute Gasteiger partial charge is 0.291 e. The molecule has 0 spiro atoms. The minimum absolute atomic E-state index is 0.0466. The maximum Gasteiger partial charge on any atom is 0.291 e. The predicted molar refractivity (Wildman–Crippen MR) is 140 cm³/mol. The van der Waals surface area contributed by atoms with Gasteiger partial charge in [0.1, 0.15) is 16.9 Å². The summed E-state index contributed by atoms with van der Waals surface area (Å²) >= 11 is 0.698. The Balaban J connectivity index is 1.63. The number of imidazole rings is 1. The Bertz CT molecular complexity index is 1590. The van der Waals surface area contributed by atoms with Crippen LogP contribution >= 0.6 is 11.3 Å². The number of alkyl halides is 2. The van der Waals surface area contributed by atoms with E-state index in [-0.39, 0.29) is 27.9 Å². The van der Waals surface area contributed by atoms with Crippen LogP contribution in [0.3, 0.4) is 0 Å². The van der Waals surface area contributed by atoms with Gasteiger partial charge in [-0.05, 0) is 38.8 Å². The number of carbonyl (C=O) groups is 1. The van der Waals surface area contributed by atoms with Gasteiger partial charge < -0.3 is 9.80 Å². The van der Waals surface area contributed by atoms with E-state index in [4.69, 9.17) is 0 Å². The lowest BCUT2D eigenvalue weighted by atomic mass is 10.1. The van der Waals surface area contributed by atoms with Crippen molar-refractivity contribution in [3.05, 3.63) is 23.0 Å². The fraction of sp³-hybridized carbons (Fsp3) is 0.542. The lowest BCUT2D eigenvalue weighted by Crippen LogP contribution is -2.55. The van der Waals surface area contributed by atoms with Crippen molar-refractivity contribution in [2.45, 2.75) is 63.4 Å². The number of nitrogens with zero attached hydrogens (tertiary/aromatic N) is 7. The van der Waals surface area contributed by atoms with Crippen LogP contribution in [0.1, 0.15) is 50.9 Å². The van der Waals surface area contributed by atoms with E-state index in [1.165, 1.54) is 16.7 Å². The molecule has 1 aliphatic heterocycles. The Kier molecular flexibility index (Phi) is 6.84. The zero-order chi connectivity index (χ0) is 28.3. The van der Waals surface area contributed by atoms with Gasteiger partial charge in [-0.2, -0.15) is 9.98 Å². The first-order valence-corrected chi connectivity index (χ1v) is 14.8. The highest BCUT2D eigenvalue weighted by atomic mass is 32.2. The first-order chi connectivity index (χ1) is 18.4. The molecule has 2 aliphatic rings. The Hall–Kier alpha value is -3.22. The molecular weight excluding hydrogens is 550 g/mol. The topological polar surface area (TPSA) is 137 Å². The summed E-state index contributed by atoms with van der Waals surface area (Å²) in [5.41, 5.74) is 0.223. The van der Waals surface area contributed by atoms with Crippen LogP contribution in [-0.4, -0.2) is 70.2 Å². The van der Waals surface area contributed by atoms with Crippen LogP contribution in [0.2, 0.25) is 0 Å². The minimum Gasteiger partial charge on any atom is -0.366 e. The third-order valence-corrected chi connectivity index (χ3v) is 9.47. The summed E-state index contributed by atoms with van der Waals surface area (Å²) in [6.07, 6.45) is -1.96. The summed E-state index contributed by atoms with van der Waals surface area (Å²) in [4.78, 5) is 21.1. The predicted octanol–water partition coefficient (Wildman–Crippen LogP) is 3.15. The average Bonchev–Trinajstić information content (AvgIpc) is 3.31. The highest BCUT2D eigenvalue weighted by Gasteiger charge is 2.47. The van der Waals surface area contributed by atoms with E-state index in [9.17, 15) is 27.3 Å². The van der Waals surface area contributed by atoms with Gasteiger partial charge in [-0.3, -0.25) is 9.36 Å². The molecule has 1 aromatic carbocycles. The number of rotatable bonds is 7. The fourth-order valence-electron chi connectivity index (χ4n) is 4.81. The number of benzene rings is 1. The van der Waals surface area contributed by atoms with Gasteiger partial charge >= 0.3 is 0 Å². The van der Waals surface area contributed by atoms with Crippen LogP contribution in [-0.2, 0) is 14.8 Å². The number of hydrogen-bond donors (Lipinski definition) is 1. The van der Waals surface area contributed by atoms with Crippen LogP contribution in [0.5, 0.6) is 0 Å². The third-order valence-electron chi connectivity index (χ3n) is 7.04. The molecule has 0 unspecified atom stereocenters. The number of hydrogen-bond acceptors (Lipinski definition) is 9. The van der Waals surface area contributed by atoms with Crippen LogP contribution in [0.15, 0.2) is 17.0 Å². The first-order valence-electron chi connectivity index (χ1n) is 12.5. The zero-order valence-electron chi connectivity index (χ0n) is 21.8. The second-order valence-electron chi connectivity index (χ2n) is 10.3. The van der Waals surface area contributed by atoms with Gasteiger partial charge in [-0.25, -0.2) is 22.2 Å². The maximum absolute atomic E-state index is 13.5. The number of anilines is 1. The Morgan fingerprint density at radius 2 is 1.97 bits per heavy atom. The summed E-state index contributed by atoms with van der Waals surface area (Å²) < 4.78 is 57.5. The summed E-state index contributed by atoms with van der Waals surface area (Å²) in [6.45, 7) is 8.64.